The van der Waals surface area contributed by atoms with Crippen LogP contribution >= 0.6 is 0 Å². The fourth-order valence-electron chi connectivity index (χ4n) is 3.44. The Kier molecular flexibility index (Phi) is 4.88. The molecular weight excluding hydrogens is 236 g/mol. The minimum Gasteiger partial charge on any atom is -0.325 e. The van der Waals surface area contributed by atoms with Gasteiger partial charge in [-0.1, -0.05) is 40.0 Å². The standard InChI is InChI=1S/C16H30N2O/c1-4-7-8-13-15(19)18(14(6-3)17-13)12-16(9-5-2)10-11-16/h13-14,17H,4-12H2,1-3H3. The van der Waals surface area contributed by atoms with Gasteiger partial charge < -0.3 is 4.90 Å². The third-order valence-corrected chi connectivity index (χ3v) is 4.83. The van der Waals surface area contributed by atoms with Crippen molar-refractivity contribution < 1.29 is 4.79 Å². The molecule has 1 heterocycles. The number of nitrogens with one attached hydrogen (secondary N) is 1. The van der Waals surface area contributed by atoms with Gasteiger partial charge in [0.1, 0.15) is 0 Å². The molecule has 0 radical (unpaired) electrons. The summed E-state index contributed by atoms with van der Waals surface area (Å²) in [5, 5.41) is 3.54. The Morgan fingerprint density at radius 1 is 1.26 bits per heavy atom. The van der Waals surface area contributed by atoms with Gasteiger partial charge in [-0.15, -0.1) is 0 Å². The molecule has 1 aliphatic carbocycles. The summed E-state index contributed by atoms with van der Waals surface area (Å²) < 4.78 is 0. The van der Waals surface area contributed by atoms with Gasteiger partial charge in [0, 0.05) is 6.54 Å². The number of hydrogen-bond donors (Lipinski definition) is 1. The minimum atomic E-state index is 0.0855. The Hall–Kier alpha value is -0.570. The molecular formula is C16H30N2O. The van der Waals surface area contributed by atoms with Crippen molar-refractivity contribution in [3.63, 3.8) is 0 Å². The number of rotatable bonds is 8. The highest BCUT2D eigenvalue weighted by atomic mass is 16.2. The fraction of sp³-hybridized carbons (Fsp3) is 0.938. The maximum atomic E-state index is 12.6. The van der Waals surface area contributed by atoms with Crippen LogP contribution < -0.4 is 5.32 Å². The predicted octanol–water partition coefficient (Wildman–Crippen LogP) is 3.29. The number of hydrogen-bond acceptors (Lipinski definition) is 2. The van der Waals surface area contributed by atoms with E-state index >= 15 is 0 Å². The molecule has 19 heavy (non-hydrogen) atoms. The van der Waals surface area contributed by atoms with Crippen LogP contribution in [0.4, 0.5) is 0 Å². The summed E-state index contributed by atoms with van der Waals surface area (Å²) in [6.45, 7) is 7.62. The second kappa shape index (κ2) is 6.25. The molecule has 2 unspecified atom stereocenters. The fourth-order valence-corrected chi connectivity index (χ4v) is 3.44. The summed E-state index contributed by atoms with van der Waals surface area (Å²) in [7, 11) is 0. The van der Waals surface area contributed by atoms with E-state index < -0.39 is 0 Å². The van der Waals surface area contributed by atoms with Crippen LogP contribution in [0.1, 0.15) is 72.1 Å². The molecule has 2 atom stereocenters. The summed E-state index contributed by atoms with van der Waals surface area (Å²) in [5.41, 5.74) is 0.471. The SMILES string of the molecule is CCCCC1NC(CC)N(CC2(CCC)CC2)C1=O. The van der Waals surface area contributed by atoms with Crippen molar-refractivity contribution in [1.29, 1.82) is 0 Å². The molecule has 2 aliphatic rings. The largest absolute Gasteiger partial charge is 0.325 e. The molecule has 2 rings (SSSR count). The van der Waals surface area contributed by atoms with E-state index in [9.17, 15) is 4.79 Å². The molecule has 0 spiro atoms. The molecule has 3 heteroatoms. The molecule has 0 bridgehead atoms. The van der Waals surface area contributed by atoms with E-state index in [0.29, 0.717) is 11.3 Å². The van der Waals surface area contributed by atoms with E-state index in [4.69, 9.17) is 0 Å². The summed E-state index contributed by atoms with van der Waals surface area (Å²) in [4.78, 5) is 14.7. The van der Waals surface area contributed by atoms with Crippen LogP contribution in [0.5, 0.6) is 0 Å². The van der Waals surface area contributed by atoms with Gasteiger partial charge in [-0.3, -0.25) is 10.1 Å². The zero-order valence-electron chi connectivity index (χ0n) is 12.9. The number of unbranched alkanes of at least 4 members (excludes halogenated alkanes) is 1. The molecule has 1 saturated heterocycles. The molecule has 1 amide bonds. The van der Waals surface area contributed by atoms with Crippen LogP contribution in [0.25, 0.3) is 0 Å². The first-order chi connectivity index (χ1) is 9.15. The van der Waals surface area contributed by atoms with Gasteiger partial charge in [0.25, 0.3) is 0 Å². The van der Waals surface area contributed by atoms with E-state index in [-0.39, 0.29) is 12.2 Å². The van der Waals surface area contributed by atoms with Gasteiger partial charge in [-0.25, -0.2) is 0 Å². The third-order valence-electron chi connectivity index (χ3n) is 4.83. The Bertz CT molecular complexity index is 312. The van der Waals surface area contributed by atoms with Crippen molar-refractivity contribution >= 4 is 5.91 Å². The van der Waals surface area contributed by atoms with E-state index in [1.165, 1.54) is 32.1 Å². The monoisotopic (exact) mass is 266 g/mol. The van der Waals surface area contributed by atoms with Gasteiger partial charge in [0.05, 0.1) is 12.2 Å². The van der Waals surface area contributed by atoms with Crippen molar-refractivity contribution in [3.8, 4) is 0 Å². The van der Waals surface area contributed by atoms with Crippen molar-refractivity contribution in [3.05, 3.63) is 0 Å². The van der Waals surface area contributed by atoms with E-state index in [1.54, 1.807) is 0 Å². The van der Waals surface area contributed by atoms with Crippen LogP contribution in [0.15, 0.2) is 0 Å². The Morgan fingerprint density at radius 3 is 2.53 bits per heavy atom. The highest BCUT2D eigenvalue weighted by Crippen LogP contribution is 2.50. The first kappa shape index (κ1) is 14.8. The van der Waals surface area contributed by atoms with Gasteiger partial charge >= 0.3 is 0 Å². The van der Waals surface area contributed by atoms with Crippen molar-refractivity contribution in [1.82, 2.24) is 10.2 Å². The smallest absolute Gasteiger partial charge is 0.241 e. The Labute approximate surface area is 118 Å². The highest BCUT2D eigenvalue weighted by Gasteiger charge is 2.47. The van der Waals surface area contributed by atoms with Crippen LogP contribution in [-0.4, -0.2) is 29.6 Å². The zero-order chi connectivity index (χ0) is 13.9. The average molecular weight is 266 g/mol. The molecule has 0 aromatic heterocycles. The topological polar surface area (TPSA) is 32.3 Å². The molecule has 2 fully saturated rings. The second-order valence-corrected chi connectivity index (χ2v) is 6.50. The number of amides is 1. The zero-order valence-corrected chi connectivity index (χ0v) is 12.9. The van der Waals surface area contributed by atoms with Gasteiger partial charge in [-0.05, 0) is 37.5 Å². The summed E-state index contributed by atoms with van der Waals surface area (Å²) >= 11 is 0. The third kappa shape index (κ3) is 3.31. The van der Waals surface area contributed by atoms with Gasteiger partial charge in [0.15, 0.2) is 0 Å². The summed E-state index contributed by atoms with van der Waals surface area (Å²) in [6.07, 6.45) is 9.79. The molecule has 1 N–H and O–H groups in total. The van der Waals surface area contributed by atoms with Crippen molar-refractivity contribution in [2.75, 3.05) is 6.54 Å². The van der Waals surface area contributed by atoms with E-state index in [1.807, 2.05) is 0 Å². The molecule has 110 valence electrons. The van der Waals surface area contributed by atoms with E-state index in [2.05, 4.69) is 31.0 Å². The lowest BCUT2D eigenvalue weighted by Crippen LogP contribution is -2.40. The lowest BCUT2D eigenvalue weighted by atomic mass is 9.99. The number of carbonyl (C=O) groups excluding carboxylic acids is 1. The first-order valence-corrected chi connectivity index (χ1v) is 8.22. The maximum Gasteiger partial charge on any atom is 0.241 e. The van der Waals surface area contributed by atoms with Crippen LogP contribution in [0, 0.1) is 5.41 Å². The highest BCUT2D eigenvalue weighted by molar-refractivity contribution is 5.84. The second-order valence-electron chi connectivity index (χ2n) is 6.50. The normalized spacial score (nSPS) is 29.0. The lowest BCUT2D eigenvalue weighted by Gasteiger charge is -2.28. The average Bonchev–Trinajstić information content (AvgIpc) is 3.10. The molecule has 1 aliphatic heterocycles. The van der Waals surface area contributed by atoms with Crippen LogP contribution in [0.2, 0.25) is 0 Å². The quantitative estimate of drug-likeness (QED) is 0.731. The van der Waals surface area contributed by atoms with Crippen molar-refractivity contribution in [2.24, 2.45) is 5.41 Å². The van der Waals surface area contributed by atoms with Crippen LogP contribution in [0.3, 0.4) is 0 Å². The molecule has 0 aromatic carbocycles. The molecule has 1 saturated carbocycles. The lowest BCUT2D eigenvalue weighted by molar-refractivity contribution is -0.131. The predicted molar refractivity (Wildman–Crippen MR) is 78.8 cm³/mol. The minimum absolute atomic E-state index is 0.0855. The van der Waals surface area contributed by atoms with Crippen molar-refractivity contribution in [2.45, 2.75) is 84.3 Å². The number of nitrogens with zero attached hydrogens (tertiary/aromatic N) is 1. The van der Waals surface area contributed by atoms with Gasteiger partial charge in [-0.2, -0.15) is 0 Å². The van der Waals surface area contributed by atoms with E-state index in [0.717, 1.165) is 25.8 Å². The number of carbonyl (C=O) groups is 1. The summed E-state index contributed by atoms with van der Waals surface area (Å²) in [6, 6.07) is 0.0855. The molecule has 3 nitrogen and oxygen atoms in total. The summed E-state index contributed by atoms with van der Waals surface area (Å²) in [5.74, 6) is 0.364. The first-order valence-electron chi connectivity index (χ1n) is 8.22. The van der Waals surface area contributed by atoms with Gasteiger partial charge in [0.2, 0.25) is 5.91 Å². The van der Waals surface area contributed by atoms with Crippen LogP contribution in [-0.2, 0) is 4.79 Å². The Morgan fingerprint density at radius 2 is 2.00 bits per heavy atom. The Balaban J connectivity index is 1.96. The maximum absolute atomic E-state index is 12.6. The molecule has 0 aromatic rings.